The van der Waals surface area contributed by atoms with Crippen molar-refractivity contribution in [1.82, 2.24) is 4.98 Å². The van der Waals surface area contributed by atoms with Crippen molar-refractivity contribution in [3.05, 3.63) is 89.1 Å². The standard InChI is InChI=1S/C34H41NO7S/c1-40-28-18-16-25(17-19-28)11-7-5-3-4-6-8-22-42-30-20-21-31(35-29(30)14-10-15-32(36)37)43-33(38)24-26-12-9-13-27(23-26)34(39)41-2/h9-10,12-14,16-21,23,33,38H,3-8,11,15,22,24H2,1-2H3,(H,36,37). The second kappa shape index (κ2) is 18.7. The van der Waals surface area contributed by atoms with E-state index in [0.717, 1.165) is 37.0 Å². The Morgan fingerprint density at radius 2 is 1.67 bits per heavy atom. The van der Waals surface area contributed by atoms with Crippen molar-refractivity contribution in [2.24, 2.45) is 0 Å². The summed E-state index contributed by atoms with van der Waals surface area (Å²) in [4.78, 5) is 27.4. The molecule has 3 aromatic rings. The minimum Gasteiger partial charge on any atom is -0.497 e. The Balaban J connectivity index is 1.45. The largest absolute Gasteiger partial charge is 0.497 e. The molecular weight excluding hydrogens is 566 g/mol. The van der Waals surface area contributed by atoms with Gasteiger partial charge in [-0.2, -0.15) is 0 Å². The zero-order valence-corrected chi connectivity index (χ0v) is 25.7. The van der Waals surface area contributed by atoms with Crippen molar-refractivity contribution < 1.29 is 34.0 Å². The molecule has 0 radical (unpaired) electrons. The highest BCUT2D eigenvalue weighted by Crippen LogP contribution is 2.28. The fourth-order valence-corrected chi connectivity index (χ4v) is 5.31. The summed E-state index contributed by atoms with van der Waals surface area (Å²) < 4.78 is 16.0. The fourth-order valence-electron chi connectivity index (χ4n) is 4.46. The lowest BCUT2D eigenvalue weighted by atomic mass is 10.0. The highest BCUT2D eigenvalue weighted by molar-refractivity contribution is 7.99. The second-order valence-electron chi connectivity index (χ2n) is 10.1. The number of ether oxygens (including phenoxy) is 3. The maximum absolute atomic E-state index is 11.8. The Bertz CT molecular complexity index is 1330. The summed E-state index contributed by atoms with van der Waals surface area (Å²) in [6, 6.07) is 18.8. The number of aliphatic carboxylic acids is 1. The molecule has 0 aliphatic carbocycles. The van der Waals surface area contributed by atoms with E-state index in [1.807, 2.05) is 18.2 Å². The van der Waals surface area contributed by atoms with E-state index in [9.17, 15) is 14.7 Å². The average Bonchev–Trinajstić information content (AvgIpc) is 3.00. The van der Waals surface area contributed by atoms with Crippen molar-refractivity contribution in [3.8, 4) is 11.5 Å². The summed E-state index contributed by atoms with van der Waals surface area (Å²) in [5.74, 6) is 0.0961. The number of aryl methyl sites for hydroxylation is 1. The summed E-state index contributed by atoms with van der Waals surface area (Å²) in [5, 5.41) is 20.3. The number of aliphatic hydroxyl groups excluding tert-OH is 1. The molecule has 2 N–H and O–H groups in total. The average molecular weight is 608 g/mol. The Labute approximate surface area is 258 Å². The normalized spacial score (nSPS) is 11.8. The van der Waals surface area contributed by atoms with Crippen LogP contribution < -0.4 is 9.47 Å². The maximum atomic E-state index is 11.8. The van der Waals surface area contributed by atoms with E-state index in [4.69, 9.17) is 19.3 Å². The second-order valence-corrected chi connectivity index (χ2v) is 11.3. The van der Waals surface area contributed by atoms with Gasteiger partial charge < -0.3 is 24.4 Å². The number of esters is 1. The lowest BCUT2D eigenvalue weighted by Crippen LogP contribution is -2.08. The molecule has 1 aromatic heterocycles. The van der Waals surface area contributed by atoms with Gasteiger partial charge in [0.1, 0.15) is 22.6 Å². The molecule has 0 amide bonds. The number of thioether (sulfide) groups is 1. The molecule has 0 aliphatic rings. The first-order valence-corrected chi connectivity index (χ1v) is 15.4. The number of hydrogen-bond acceptors (Lipinski definition) is 8. The van der Waals surface area contributed by atoms with Gasteiger partial charge in [-0.1, -0.05) is 67.8 Å². The molecule has 0 bridgehead atoms. The summed E-state index contributed by atoms with van der Waals surface area (Å²) in [6.07, 6.45) is 11.1. The molecule has 9 heteroatoms. The monoisotopic (exact) mass is 607 g/mol. The minimum absolute atomic E-state index is 0.129. The molecule has 3 rings (SSSR count). The van der Waals surface area contributed by atoms with Crippen molar-refractivity contribution in [3.63, 3.8) is 0 Å². The summed E-state index contributed by atoms with van der Waals surface area (Å²) >= 11 is 1.18. The molecule has 2 aromatic carbocycles. The van der Waals surface area contributed by atoms with E-state index in [-0.39, 0.29) is 6.42 Å². The molecule has 230 valence electrons. The molecular formula is C34H41NO7S. The van der Waals surface area contributed by atoms with Gasteiger partial charge in [-0.15, -0.1) is 0 Å². The zero-order valence-electron chi connectivity index (χ0n) is 24.9. The number of carbonyl (C=O) groups excluding carboxylic acids is 1. The van der Waals surface area contributed by atoms with Gasteiger partial charge in [0.2, 0.25) is 0 Å². The van der Waals surface area contributed by atoms with Crippen LogP contribution in [0.2, 0.25) is 0 Å². The van der Waals surface area contributed by atoms with Crippen LogP contribution in [0.1, 0.15) is 72.1 Å². The van der Waals surface area contributed by atoms with Crippen LogP contribution in [-0.2, 0) is 22.4 Å². The van der Waals surface area contributed by atoms with Crippen molar-refractivity contribution in [1.29, 1.82) is 0 Å². The van der Waals surface area contributed by atoms with E-state index in [2.05, 4.69) is 17.1 Å². The number of pyridine rings is 1. The molecule has 43 heavy (non-hydrogen) atoms. The highest BCUT2D eigenvalue weighted by Gasteiger charge is 2.13. The third-order valence-corrected chi connectivity index (χ3v) is 7.63. The van der Waals surface area contributed by atoms with E-state index in [0.29, 0.717) is 35.1 Å². The SMILES string of the molecule is COC(=O)c1cccc(CC(O)Sc2ccc(OCCCCCCCCc3ccc(OC)cc3)c(C=CCC(=O)O)n2)c1. The van der Waals surface area contributed by atoms with E-state index < -0.39 is 17.4 Å². The Morgan fingerprint density at radius 1 is 0.930 bits per heavy atom. The van der Waals surface area contributed by atoms with Gasteiger partial charge in [-0.05, 0) is 72.9 Å². The smallest absolute Gasteiger partial charge is 0.337 e. The number of benzene rings is 2. The Morgan fingerprint density at radius 3 is 2.40 bits per heavy atom. The van der Waals surface area contributed by atoms with Crippen LogP contribution in [0.15, 0.2) is 71.8 Å². The summed E-state index contributed by atoms with van der Waals surface area (Å²) in [5.41, 5.74) is 2.26. The number of unbranched alkanes of at least 4 members (excludes halogenated alkanes) is 5. The number of nitrogens with zero attached hydrogens (tertiary/aromatic N) is 1. The molecule has 8 nitrogen and oxygen atoms in total. The predicted molar refractivity (Wildman–Crippen MR) is 169 cm³/mol. The number of carboxylic acids is 1. The minimum atomic E-state index is -0.933. The first-order valence-electron chi connectivity index (χ1n) is 14.5. The number of rotatable bonds is 19. The van der Waals surface area contributed by atoms with E-state index in [1.165, 1.54) is 49.8 Å². The van der Waals surface area contributed by atoms with Crippen LogP contribution in [0, 0.1) is 0 Å². The molecule has 1 unspecified atom stereocenters. The highest BCUT2D eigenvalue weighted by atomic mass is 32.2. The van der Waals surface area contributed by atoms with Crippen LogP contribution in [0.5, 0.6) is 11.5 Å². The maximum Gasteiger partial charge on any atom is 0.337 e. The fraction of sp³-hybridized carbons (Fsp3) is 0.382. The number of carbonyl (C=O) groups is 2. The van der Waals surface area contributed by atoms with Crippen LogP contribution >= 0.6 is 11.8 Å². The number of carboxylic acid groups (broad SMARTS) is 1. The molecule has 1 heterocycles. The van der Waals surface area contributed by atoms with Gasteiger partial charge >= 0.3 is 11.9 Å². The van der Waals surface area contributed by atoms with Crippen LogP contribution in [-0.4, -0.2) is 53.4 Å². The van der Waals surface area contributed by atoms with Crippen LogP contribution in [0.4, 0.5) is 0 Å². The molecule has 0 spiro atoms. The number of hydrogen-bond donors (Lipinski definition) is 2. The van der Waals surface area contributed by atoms with E-state index >= 15 is 0 Å². The number of aliphatic hydroxyl groups is 1. The molecule has 0 aliphatic heterocycles. The number of methoxy groups -OCH3 is 2. The topological polar surface area (TPSA) is 115 Å². The van der Waals surface area contributed by atoms with Crippen LogP contribution in [0.25, 0.3) is 6.08 Å². The van der Waals surface area contributed by atoms with Gasteiger partial charge in [0.05, 0.1) is 37.8 Å². The Hall–Kier alpha value is -3.82. The zero-order chi connectivity index (χ0) is 30.9. The predicted octanol–water partition coefficient (Wildman–Crippen LogP) is 6.98. The van der Waals surface area contributed by atoms with Gasteiger partial charge in [0.25, 0.3) is 0 Å². The third kappa shape index (κ3) is 12.5. The lowest BCUT2D eigenvalue weighted by molar-refractivity contribution is -0.135. The van der Waals surface area contributed by atoms with Crippen molar-refractivity contribution in [2.45, 2.75) is 68.2 Å². The van der Waals surface area contributed by atoms with Crippen LogP contribution in [0.3, 0.4) is 0 Å². The summed E-state index contributed by atoms with van der Waals surface area (Å²) in [7, 11) is 3.01. The molecule has 0 saturated heterocycles. The van der Waals surface area contributed by atoms with Gasteiger partial charge in [-0.3, -0.25) is 4.79 Å². The Kier molecular flexibility index (Phi) is 14.6. The van der Waals surface area contributed by atoms with Gasteiger partial charge in [-0.25, -0.2) is 9.78 Å². The molecule has 0 saturated carbocycles. The molecule has 1 atom stereocenters. The third-order valence-electron chi connectivity index (χ3n) is 6.72. The lowest BCUT2D eigenvalue weighted by Gasteiger charge is -2.13. The quantitative estimate of drug-likeness (QED) is 0.0644. The molecule has 0 fully saturated rings. The summed E-state index contributed by atoms with van der Waals surface area (Å²) in [6.45, 7) is 0.541. The van der Waals surface area contributed by atoms with Crippen molar-refractivity contribution in [2.75, 3.05) is 20.8 Å². The first kappa shape index (κ1) is 33.7. The van der Waals surface area contributed by atoms with Gasteiger partial charge in [0.15, 0.2) is 0 Å². The van der Waals surface area contributed by atoms with Crippen molar-refractivity contribution >= 4 is 29.8 Å². The van der Waals surface area contributed by atoms with Gasteiger partial charge in [0, 0.05) is 6.42 Å². The number of aromatic nitrogens is 1. The van der Waals surface area contributed by atoms with E-state index in [1.54, 1.807) is 43.5 Å². The first-order chi connectivity index (χ1) is 20.9.